The van der Waals surface area contributed by atoms with E-state index in [4.69, 9.17) is 4.74 Å². The van der Waals surface area contributed by atoms with Crippen LogP contribution in [0.1, 0.15) is 36.1 Å². The number of aliphatic hydroxyl groups excluding tert-OH is 1. The maximum Gasteiger partial charge on any atom is 0.255 e. The molecule has 4 aromatic rings. The van der Waals surface area contributed by atoms with E-state index < -0.39 is 17.7 Å². The number of nitrogens with zero attached hydrogens (tertiary/aromatic N) is 6. The van der Waals surface area contributed by atoms with Gasteiger partial charge in [-0.25, -0.2) is 28.7 Å². The molecule has 1 aliphatic heterocycles. The first-order chi connectivity index (χ1) is 18.3. The van der Waals surface area contributed by atoms with E-state index in [-0.39, 0.29) is 47.9 Å². The maximum absolute atomic E-state index is 14.9. The number of rotatable bonds is 6. The molecule has 1 aromatic carbocycles. The lowest BCUT2D eigenvalue weighted by molar-refractivity contribution is -0.0184. The molecule has 1 saturated heterocycles. The van der Waals surface area contributed by atoms with Crippen molar-refractivity contribution < 1.29 is 23.4 Å². The van der Waals surface area contributed by atoms with Gasteiger partial charge in [-0.05, 0) is 45.0 Å². The highest BCUT2D eigenvalue weighted by molar-refractivity contribution is 5.94. The fraction of sp³-hybridized carbons (Fsp3) is 0.346. The first-order valence-corrected chi connectivity index (χ1v) is 12.2. The third kappa shape index (κ3) is 4.79. The number of carbonyl (C=O) groups is 1. The largest absolute Gasteiger partial charge is 0.394 e. The zero-order valence-corrected chi connectivity index (χ0v) is 21.2. The average molecular weight is 524 g/mol. The standard InChI is InChI=1S/C26H27F2N7O3/c1-14(2)35-15(3)31-24-19(27)8-17(9-21(24)35)23-20(28)11-30-26(33-23)32-22-5-4-16(10-29-22)25(37)34-6-7-38-13-18(34)12-36/h4-5,8-11,14,18,36H,6-7,12-13H2,1-3H3,(H,29,30,32,33)/t18-/m1/s1. The summed E-state index contributed by atoms with van der Waals surface area (Å²) in [5.41, 5.74) is 1.28. The molecular formula is C26H27F2N7O3. The summed E-state index contributed by atoms with van der Waals surface area (Å²) in [6.45, 7) is 6.57. The van der Waals surface area contributed by atoms with Crippen molar-refractivity contribution in [2.75, 3.05) is 31.7 Å². The van der Waals surface area contributed by atoms with Crippen molar-refractivity contribution in [1.82, 2.24) is 29.4 Å². The maximum atomic E-state index is 14.9. The van der Waals surface area contributed by atoms with Crippen molar-refractivity contribution in [1.29, 1.82) is 0 Å². The molecule has 198 valence electrons. The Labute approximate surface area is 217 Å². The highest BCUT2D eigenvalue weighted by Crippen LogP contribution is 2.30. The van der Waals surface area contributed by atoms with E-state index in [0.29, 0.717) is 35.9 Å². The SMILES string of the molecule is Cc1nc2c(F)cc(-c3nc(Nc4ccc(C(=O)N5CCOC[C@H]5CO)cn4)ncc3F)cc2n1C(C)C. The van der Waals surface area contributed by atoms with E-state index in [0.717, 1.165) is 6.20 Å². The van der Waals surface area contributed by atoms with E-state index in [1.54, 1.807) is 30.0 Å². The highest BCUT2D eigenvalue weighted by atomic mass is 19.1. The summed E-state index contributed by atoms with van der Waals surface area (Å²) in [6.07, 6.45) is 2.40. The average Bonchev–Trinajstić information content (AvgIpc) is 3.26. The number of morpholine rings is 1. The number of halogens is 2. The van der Waals surface area contributed by atoms with Gasteiger partial charge in [0.1, 0.15) is 22.9 Å². The number of nitrogens with one attached hydrogen (secondary N) is 1. The molecule has 1 amide bonds. The number of imidazole rings is 1. The Morgan fingerprint density at radius 2 is 2.00 bits per heavy atom. The topological polar surface area (TPSA) is 118 Å². The quantitative estimate of drug-likeness (QED) is 0.393. The summed E-state index contributed by atoms with van der Waals surface area (Å²) in [4.78, 5) is 31.2. The highest BCUT2D eigenvalue weighted by Gasteiger charge is 2.27. The molecule has 3 aromatic heterocycles. The van der Waals surface area contributed by atoms with E-state index in [1.165, 1.54) is 12.3 Å². The number of pyridine rings is 1. The minimum absolute atomic E-state index is 0.0285. The number of carbonyl (C=O) groups excluding carboxylic acids is 1. The Morgan fingerprint density at radius 1 is 1.18 bits per heavy atom. The van der Waals surface area contributed by atoms with Gasteiger partial charge in [-0.2, -0.15) is 0 Å². The Kier molecular flexibility index (Phi) is 7.00. The van der Waals surface area contributed by atoms with Gasteiger partial charge in [-0.15, -0.1) is 0 Å². The van der Waals surface area contributed by atoms with E-state index in [2.05, 4.69) is 25.3 Å². The number of hydrogen-bond acceptors (Lipinski definition) is 8. The number of aryl methyl sites for hydroxylation is 1. The van der Waals surface area contributed by atoms with E-state index >= 15 is 0 Å². The third-order valence-corrected chi connectivity index (χ3v) is 6.41. The molecule has 2 N–H and O–H groups in total. The lowest BCUT2D eigenvalue weighted by Crippen LogP contribution is -2.50. The normalized spacial score (nSPS) is 15.9. The Hall–Kier alpha value is -4.03. The van der Waals surface area contributed by atoms with Crippen LogP contribution in [-0.2, 0) is 4.74 Å². The lowest BCUT2D eigenvalue weighted by Gasteiger charge is -2.34. The Balaban J connectivity index is 1.40. The molecule has 1 aliphatic rings. The number of amides is 1. The van der Waals surface area contributed by atoms with Crippen LogP contribution >= 0.6 is 0 Å². The molecule has 5 rings (SSSR count). The second kappa shape index (κ2) is 10.4. The van der Waals surface area contributed by atoms with Crippen molar-refractivity contribution in [3.8, 4) is 11.3 Å². The fourth-order valence-corrected chi connectivity index (χ4v) is 4.64. The third-order valence-electron chi connectivity index (χ3n) is 6.41. The number of aliphatic hydroxyl groups is 1. The monoisotopic (exact) mass is 523 g/mol. The van der Waals surface area contributed by atoms with Gasteiger partial charge < -0.3 is 24.6 Å². The molecule has 1 atom stereocenters. The zero-order chi connectivity index (χ0) is 27.0. The van der Waals surface area contributed by atoms with Crippen molar-refractivity contribution in [3.05, 3.63) is 59.7 Å². The smallest absolute Gasteiger partial charge is 0.255 e. The predicted octanol–water partition coefficient (Wildman–Crippen LogP) is 3.63. The predicted molar refractivity (Wildman–Crippen MR) is 136 cm³/mol. The van der Waals surface area contributed by atoms with Crippen LogP contribution < -0.4 is 5.32 Å². The second-order valence-electron chi connectivity index (χ2n) is 9.31. The lowest BCUT2D eigenvalue weighted by atomic mass is 10.1. The summed E-state index contributed by atoms with van der Waals surface area (Å²) in [5, 5.41) is 12.4. The zero-order valence-electron chi connectivity index (χ0n) is 21.2. The van der Waals surface area contributed by atoms with Gasteiger partial charge in [0.15, 0.2) is 11.6 Å². The van der Waals surface area contributed by atoms with Crippen LogP contribution in [0.2, 0.25) is 0 Å². The molecule has 12 heteroatoms. The first-order valence-electron chi connectivity index (χ1n) is 12.2. The van der Waals surface area contributed by atoms with Gasteiger partial charge in [0.05, 0.1) is 43.1 Å². The van der Waals surface area contributed by atoms with Crippen LogP contribution in [0.4, 0.5) is 20.5 Å². The first kappa shape index (κ1) is 25.6. The second-order valence-corrected chi connectivity index (χ2v) is 9.31. The van der Waals surface area contributed by atoms with Gasteiger partial charge in [0, 0.05) is 24.3 Å². The van der Waals surface area contributed by atoms with Crippen LogP contribution in [0, 0.1) is 18.6 Å². The summed E-state index contributed by atoms with van der Waals surface area (Å²) >= 11 is 0. The van der Waals surface area contributed by atoms with Crippen LogP contribution in [0.3, 0.4) is 0 Å². The molecule has 0 unspecified atom stereocenters. The number of fused-ring (bicyclic) bond motifs is 1. The van der Waals surface area contributed by atoms with Crippen LogP contribution in [0.5, 0.6) is 0 Å². The van der Waals surface area contributed by atoms with Gasteiger partial charge in [0.25, 0.3) is 5.91 Å². The number of aromatic nitrogens is 5. The van der Waals surface area contributed by atoms with Gasteiger partial charge in [-0.3, -0.25) is 4.79 Å². The molecule has 38 heavy (non-hydrogen) atoms. The number of benzene rings is 1. The van der Waals surface area contributed by atoms with E-state index in [1.807, 2.05) is 18.4 Å². The Morgan fingerprint density at radius 3 is 2.71 bits per heavy atom. The molecule has 1 fully saturated rings. The molecule has 0 aliphatic carbocycles. The van der Waals surface area contributed by atoms with Gasteiger partial charge in [-0.1, -0.05) is 0 Å². The summed E-state index contributed by atoms with van der Waals surface area (Å²) < 4.78 is 36.9. The van der Waals surface area contributed by atoms with Crippen molar-refractivity contribution in [2.45, 2.75) is 32.9 Å². The van der Waals surface area contributed by atoms with Crippen molar-refractivity contribution >= 4 is 28.7 Å². The summed E-state index contributed by atoms with van der Waals surface area (Å²) in [7, 11) is 0. The van der Waals surface area contributed by atoms with Crippen LogP contribution in [0.25, 0.3) is 22.3 Å². The minimum atomic E-state index is -0.709. The molecule has 0 saturated carbocycles. The molecule has 0 spiro atoms. The van der Waals surface area contributed by atoms with Crippen molar-refractivity contribution in [3.63, 3.8) is 0 Å². The van der Waals surface area contributed by atoms with Crippen molar-refractivity contribution in [2.24, 2.45) is 0 Å². The molecule has 0 radical (unpaired) electrons. The summed E-state index contributed by atoms with van der Waals surface area (Å²) in [5.74, 6) is -0.506. The number of ether oxygens (including phenoxy) is 1. The Bertz CT molecular complexity index is 1490. The number of anilines is 2. The molecule has 10 nitrogen and oxygen atoms in total. The van der Waals surface area contributed by atoms with Crippen LogP contribution in [-0.4, -0.2) is 72.8 Å². The molecule has 4 heterocycles. The number of hydrogen-bond donors (Lipinski definition) is 2. The van der Waals surface area contributed by atoms with Gasteiger partial charge >= 0.3 is 0 Å². The van der Waals surface area contributed by atoms with Gasteiger partial charge in [0.2, 0.25) is 5.95 Å². The summed E-state index contributed by atoms with van der Waals surface area (Å²) in [6, 6.07) is 5.65. The molecule has 0 bridgehead atoms. The van der Waals surface area contributed by atoms with E-state index in [9.17, 15) is 18.7 Å². The van der Waals surface area contributed by atoms with Crippen LogP contribution in [0.15, 0.2) is 36.7 Å². The molecular weight excluding hydrogens is 496 g/mol. The minimum Gasteiger partial charge on any atom is -0.394 e. The fourth-order valence-electron chi connectivity index (χ4n) is 4.64.